The molecule has 1 aliphatic heterocycles. The first-order valence-electron chi connectivity index (χ1n) is 4.38. The summed E-state index contributed by atoms with van der Waals surface area (Å²) in [6, 6.07) is 0. The Morgan fingerprint density at radius 1 is 1.33 bits per heavy atom. The summed E-state index contributed by atoms with van der Waals surface area (Å²) in [5.74, 6) is 0. The monoisotopic (exact) mass is 174 g/mol. The van der Waals surface area contributed by atoms with Gasteiger partial charge in [0.2, 0.25) is 0 Å². The molecule has 0 bridgehead atoms. The molecule has 0 aromatic heterocycles. The first kappa shape index (κ1) is 9.96. The fourth-order valence-corrected chi connectivity index (χ4v) is 1.64. The Hall–Kier alpha value is -0.120. The van der Waals surface area contributed by atoms with Crippen molar-refractivity contribution < 1.29 is 14.2 Å². The van der Waals surface area contributed by atoms with Crippen LogP contribution in [0.1, 0.15) is 13.3 Å². The molecule has 72 valence electrons. The number of methoxy groups -OCH3 is 2. The minimum absolute atomic E-state index is 0.0868. The molecule has 1 saturated heterocycles. The van der Waals surface area contributed by atoms with Crippen molar-refractivity contribution in [2.45, 2.75) is 19.4 Å². The van der Waals surface area contributed by atoms with Crippen LogP contribution in [-0.2, 0) is 14.2 Å². The summed E-state index contributed by atoms with van der Waals surface area (Å²) < 4.78 is 15.7. The van der Waals surface area contributed by atoms with Gasteiger partial charge in [-0.2, -0.15) is 0 Å². The second-order valence-electron chi connectivity index (χ2n) is 3.40. The lowest BCUT2D eigenvalue weighted by atomic mass is 9.83. The summed E-state index contributed by atoms with van der Waals surface area (Å²) in [7, 11) is 3.45. The van der Waals surface area contributed by atoms with Gasteiger partial charge in [-0.1, -0.05) is 6.92 Å². The van der Waals surface area contributed by atoms with Gasteiger partial charge in [-0.25, -0.2) is 0 Å². The van der Waals surface area contributed by atoms with E-state index in [-0.39, 0.29) is 5.41 Å². The van der Waals surface area contributed by atoms with Gasteiger partial charge in [-0.15, -0.1) is 0 Å². The minimum atomic E-state index is 0.0868. The lowest BCUT2D eigenvalue weighted by Gasteiger charge is -2.29. The molecule has 12 heavy (non-hydrogen) atoms. The van der Waals surface area contributed by atoms with Crippen LogP contribution >= 0.6 is 0 Å². The molecule has 1 atom stereocenters. The fourth-order valence-electron chi connectivity index (χ4n) is 1.64. The molecule has 0 N–H and O–H groups in total. The van der Waals surface area contributed by atoms with Crippen molar-refractivity contribution in [3.05, 3.63) is 0 Å². The molecular weight excluding hydrogens is 156 g/mol. The maximum Gasteiger partial charge on any atom is 0.0910 e. The van der Waals surface area contributed by atoms with E-state index in [4.69, 9.17) is 14.2 Å². The maximum atomic E-state index is 5.31. The normalized spacial score (nSPS) is 22.8. The third-order valence-corrected chi connectivity index (χ3v) is 2.58. The Morgan fingerprint density at radius 2 is 1.83 bits per heavy atom. The van der Waals surface area contributed by atoms with E-state index < -0.39 is 0 Å². The predicted molar refractivity (Wildman–Crippen MR) is 46.2 cm³/mol. The zero-order chi connectivity index (χ0) is 9.03. The van der Waals surface area contributed by atoms with Crippen molar-refractivity contribution in [2.75, 3.05) is 34.0 Å². The number of epoxide rings is 1. The van der Waals surface area contributed by atoms with Crippen LogP contribution in [0.5, 0.6) is 0 Å². The highest BCUT2D eigenvalue weighted by molar-refractivity contribution is 4.92. The first-order valence-corrected chi connectivity index (χ1v) is 4.38. The van der Waals surface area contributed by atoms with E-state index in [9.17, 15) is 0 Å². The zero-order valence-electron chi connectivity index (χ0n) is 8.13. The molecule has 1 aliphatic rings. The summed E-state index contributed by atoms with van der Waals surface area (Å²) >= 11 is 0. The average Bonchev–Trinajstić information content (AvgIpc) is 2.86. The van der Waals surface area contributed by atoms with Gasteiger partial charge < -0.3 is 14.2 Å². The second-order valence-corrected chi connectivity index (χ2v) is 3.40. The lowest BCUT2D eigenvalue weighted by molar-refractivity contribution is -0.0106. The van der Waals surface area contributed by atoms with E-state index in [1.165, 1.54) is 0 Å². The van der Waals surface area contributed by atoms with E-state index in [0.717, 1.165) is 26.2 Å². The van der Waals surface area contributed by atoms with Gasteiger partial charge in [-0.3, -0.25) is 0 Å². The van der Waals surface area contributed by atoms with Crippen molar-refractivity contribution in [1.29, 1.82) is 0 Å². The molecular formula is C9H18O3. The van der Waals surface area contributed by atoms with Crippen molar-refractivity contribution >= 4 is 0 Å². The van der Waals surface area contributed by atoms with Gasteiger partial charge in [-0.05, 0) is 6.42 Å². The SMILES string of the molecule is CCC(COC)(COC)C1CO1. The van der Waals surface area contributed by atoms with E-state index in [1.807, 2.05) is 0 Å². The molecule has 0 aliphatic carbocycles. The molecule has 1 unspecified atom stereocenters. The Bertz CT molecular complexity index is 126. The van der Waals surface area contributed by atoms with Gasteiger partial charge in [0.25, 0.3) is 0 Å². The van der Waals surface area contributed by atoms with Crippen LogP contribution in [-0.4, -0.2) is 40.1 Å². The molecule has 1 rings (SSSR count). The largest absolute Gasteiger partial charge is 0.384 e. The van der Waals surface area contributed by atoms with Crippen LogP contribution in [0, 0.1) is 5.41 Å². The highest BCUT2D eigenvalue weighted by atomic mass is 16.6. The van der Waals surface area contributed by atoms with Gasteiger partial charge in [0, 0.05) is 19.6 Å². The number of ether oxygens (including phenoxy) is 3. The van der Waals surface area contributed by atoms with Crippen LogP contribution in [0.25, 0.3) is 0 Å². The van der Waals surface area contributed by atoms with Crippen LogP contribution in [0.15, 0.2) is 0 Å². The predicted octanol–water partition coefficient (Wildman–Crippen LogP) is 1.07. The quantitative estimate of drug-likeness (QED) is 0.564. The molecule has 1 fully saturated rings. The van der Waals surface area contributed by atoms with Gasteiger partial charge in [0.05, 0.1) is 25.9 Å². The lowest BCUT2D eigenvalue weighted by Crippen LogP contribution is -2.36. The van der Waals surface area contributed by atoms with E-state index in [1.54, 1.807) is 14.2 Å². The van der Waals surface area contributed by atoms with E-state index in [0.29, 0.717) is 6.10 Å². The highest BCUT2D eigenvalue weighted by Gasteiger charge is 2.45. The van der Waals surface area contributed by atoms with Crippen molar-refractivity contribution in [3.63, 3.8) is 0 Å². The van der Waals surface area contributed by atoms with Crippen molar-refractivity contribution in [1.82, 2.24) is 0 Å². The smallest absolute Gasteiger partial charge is 0.0910 e. The first-order chi connectivity index (χ1) is 5.79. The highest BCUT2D eigenvalue weighted by Crippen LogP contribution is 2.36. The van der Waals surface area contributed by atoms with Crippen LogP contribution in [0.4, 0.5) is 0 Å². The number of rotatable bonds is 6. The minimum Gasteiger partial charge on any atom is -0.384 e. The van der Waals surface area contributed by atoms with Gasteiger partial charge in [0.15, 0.2) is 0 Å². The molecule has 0 aromatic rings. The number of hydrogen-bond donors (Lipinski definition) is 0. The Morgan fingerprint density at radius 3 is 2.08 bits per heavy atom. The molecule has 3 heteroatoms. The molecule has 3 nitrogen and oxygen atoms in total. The molecule has 1 heterocycles. The summed E-state index contributed by atoms with van der Waals surface area (Å²) in [4.78, 5) is 0. The van der Waals surface area contributed by atoms with Crippen LogP contribution < -0.4 is 0 Å². The van der Waals surface area contributed by atoms with Crippen LogP contribution in [0.2, 0.25) is 0 Å². The molecule has 0 amide bonds. The Kier molecular flexibility index (Phi) is 3.50. The Balaban J connectivity index is 2.51. The molecule has 0 saturated carbocycles. The average molecular weight is 174 g/mol. The second kappa shape index (κ2) is 4.21. The fraction of sp³-hybridized carbons (Fsp3) is 1.00. The van der Waals surface area contributed by atoms with Gasteiger partial charge in [0.1, 0.15) is 0 Å². The van der Waals surface area contributed by atoms with Gasteiger partial charge >= 0.3 is 0 Å². The number of hydrogen-bond acceptors (Lipinski definition) is 3. The maximum absolute atomic E-state index is 5.31. The summed E-state index contributed by atoms with van der Waals surface area (Å²) in [5, 5.41) is 0. The zero-order valence-corrected chi connectivity index (χ0v) is 8.13. The molecule has 0 spiro atoms. The third kappa shape index (κ3) is 1.97. The third-order valence-electron chi connectivity index (χ3n) is 2.58. The van der Waals surface area contributed by atoms with Crippen LogP contribution in [0.3, 0.4) is 0 Å². The summed E-state index contributed by atoms with van der Waals surface area (Å²) in [6.07, 6.45) is 1.39. The van der Waals surface area contributed by atoms with E-state index in [2.05, 4.69) is 6.92 Å². The van der Waals surface area contributed by atoms with Crippen molar-refractivity contribution in [3.8, 4) is 0 Å². The summed E-state index contributed by atoms with van der Waals surface area (Å²) in [6.45, 7) is 4.46. The molecule has 0 radical (unpaired) electrons. The van der Waals surface area contributed by atoms with E-state index >= 15 is 0 Å². The standard InChI is InChI=1S/C9H18O3/c1-4-9(6-10-2,7-11-3)8-5-12-8/h8H,4-7H2,1-3H3. The molecule has 0 aromatic carbocycles. The Labute approximate surface area is 74.0 Å². The van der Waals surface area contributed by atoms with Crippen molar-refractivity contribution in [2.24, 2.45) is 5.41 Å². The summed E-state index contributed by atoms with van der Waals surface area (Å²) in [5.41, 5.74) is 0.0868. The topological polar surface area (TPSA) is 31.0 Å².